The van der Waals surface area contributed by atoms with Crippen LogP contribution in [0.1, 0.15) is 37.6 Å². The molecular weight excluding hydrogens is 288 g/mol. The molecule has 0 atom stereocenters. The van der Waals surface area contributed by atoms with Crippen molar-refractivity contribution in [2.24, 2.45) is 0 Å². The Balaban J connectivity index is 1.96. The number of unbranched alkanes of at least 4 members (excludes halogenated alkanes) is 1. The van der Waals surface area contributed by atoms with Crippen molar-refractivity contribution >= 4 is 33.7 Å². The van der Waals surface area contributed by atoms with Crippen LogP contribution in [0.2, 0.25) is 0 Å². The minimum atomic E-state index is 0.623. The highest BCUT2D eigenvalue weighted by Gasteiger charge is 2.32. The van der Waals surface area contributed by atoms with Crippen molar-refractivity contribution in [3.8, 4) is 11.3 Å². The maximum Gasteiger partial charge on any atom is 0.148 e. The van der Waals surface area contributed by atoms with Gasteiger partial charge in [-0.3, -0.25) is 0 Å². The number of thiazole rings is 1. The largest absolute Gasteiger partial charge is 0.382 e. The van der Waals surface area contributed by atoms with Gasteiger partial charge < -0.3 is 10.6 Å². The van der Waals surface area contributed by atoms with E-state index < -0.39 is 0 Å². The van der Waals surface area contributed by atoms with Crippen molar-refractivity contribution in [3.05, 3.63) is 10.4 Å². The Morgan fingerprint density at radius 1 is 1.45 bits per heavy atom. The number of aromatic nitrogens is 2. The third kappa shape index (κ3) is 2.67. The zero-order chi connectivity index (χ0) is 14.1. The quantitative estimate of drug-likeness (QED) is 0.878. The summed E-state index contributed by atoms with van der Waals surface area (Å²) in [5, 5.41) is 4.37. The predicted molar refractivity (Wildman–Crippen MR) is 87.6 cm³/mol. The van der Waals surface area contributed by atoms with Crippen LogP contribution >= 0.6 is 22.9 Å². The molecule has 2 aromatic rings. The third-order valence-electron chi connectivity index (χ3n) is 3.58. The Morgan fingerprint density at radius 3 is 2.85 bits per heavy atom. The molecule has 1 saturated carbocycles. The first-order chi connectivity index (χ1) is 9.70. The third-order valence-corrected chi connectivity index (χ3v) is 5.25. The van der Waals surface area contributed by atoms with E-state index in [0.29, 0.717) is 11.9 Å². The summed E-state index contributed by atoms with van der Waals surface area (Å²) in [4.78, 5) is 7.10. The molecule has 3 rings (SSSR count). The summed E-state index contributed by atoms with van der Waals surface area (Å²) in [5.74, 6) is 0.623. The van der Waals surface area contributed by atoms with Crippen LogP contribution < -0.4 is 10.6 Å². The second kappa shape index (κ2) is 5.69. The van der Waals surface area contributed by atoms with Crippen LogP contribution in [0.4, 0.5) is 10.8 Å². The number of nitrogens with zero attached hydrogens (tertiary/aromatic N) is 3. The van der Waals surface area contributed by atoms with E-state index in [2.05, 4.69) is 26.6 Å². The van der Waals surface area contributed by atoms with Crippen LogP contribution in [0.5, 0.6) is 0 Å². The number of hydrogen-bond donors (Lipinski definition) is 1. The Labute approximate surface area is 127 Å². The second-order valence-electron chi connectivity index (χ2n) is 5.28. The monoisotopic (exact) mass is 308 g/mol. The van der Waals surface area contributed by atoms with Gasteiger partial charge in [-0.25, -0.2) is 4.98 Å². The first-order valence-corrected chi connectivity index (χ1v) is 8.80. The van der Waals surface area contributed by atoms with Gasteiger partial charge in [0.25, 0.3) is 0 Å². The number of nitrogen functional groups attached to an aromatic ring is 1. The van der Waals surface area contributed by atoms with Gasteiger partial charge in [0.15, 0.2) is 0 Å². The molecule has 0 aromatic carbocycles. The van der Waals surface area contributed by atoms with E-state index in [9.17, 15) is 0 Å². The number of rotatable bonds is 6. The average molecular weight is 308 g/mol. The molecule has 2 aromatic heterocycles. The summed E-state index contributed by atoms with van der Waals surface area (Å²) in [5.41, 5.74) is 8.13. The standard InChI is InChI=1S/C14H20N4S2/c1-3-4-7-18(10-5-6-10)14-12(13(15)17-20-14)11-8-19-9(2)16-11/h8,10H,3-7H2,1-2H3,(H2,15,17). The fourth-order valence-electron chi connectivity index (χ4n) is 2.37. The van der Waals surface area contributed by atoms with Crippen LogP contribution in [0.15, 0.2) is 5.38 Å². The Bertz CT molecular complexity index is 586. The lowest BCUT2D eigenvalue weighted by atomic mass is 10.2. The van der Waals surface area contributed by atoms with Crippen LogP contribution in [-0.4, -0.2) is 21.9 Å². The lowest BCUT2D eigenvalue weighted by Gasteiger charge is -2.23. The first-order valence-electron chi connectivity index (χ1n) is 7.15. The molecule has 1 aliphatic rings. The minimum absolute atomic E-state index is 0.623. The van der Waals surface area contributed by atoms with Gasteiger partial charge in [-0.2, -0.15) is 4.37 Å². The molecule has 20 heavy (non-hydrogen) atoms. The lowest BCUT2D eigenvalue weighted by Crippen LogP contribution is -2.26. The summed E-state index contributed by atoms with van der Waals surface area (Å²) in [6.45, 7) is 5.36. The fraction of sp³-hybridized carbons (Fsp3) is 0.571. The maximum absolute atomic E-state index is 6.11. The van der Waals surface area contributed by atoms with Crippen LogP contribution in [0, 0.1) is 6.92 Å². The molecule has 108 valence electrons. The molecule has 0 aliphatic heterocycles. The van der Waals surface area contributed by atoms with E-state index >= 15 is 0 Å². The second-order valence-corrected chi connectivity index (χ2v) is 7.09. The highest BCUT2D eigenvalue weighted by atomic mass is 32.1. The molecule has 0 saturated heterocycles. The van der Waals surface area contributed by atoms with E-state index in [1.807, 2.05) is 6.92 Å². The van der Waals surface area contributed by atoms with Gasteiger partial charge in [0.05, 0.1) is 16.3 Å². The normalized spacial score (nSPS) is 14.7. The van der Waals surface area contributed by atoms with Gasteiger partial charge in [0, 0.05) is 18.0 Å². The van der Waals surface area contributed by atoms with Crippen LogP contribution in [0.25, 0.3) is 11.3 Å². The smallest absolute Gasteiger partial charge is 0.148 e. The zero-order valence-electron chi connectivity index (χ0n) is 11.9. The number of hydrogen-bond acceptors (Lipinski definition) is 6. The summed E-state index contributed by atoms with van der Waals surface area (Å²) >= 11 is 3.19. The van der Waals surface area contributed by atoms with Crippen LogP contribution in [0.3, 0.4) is 0 Å². The molecule has 0 amide bonds. The molecule has 1 aliphatic carbocycles. The van der Waals surface area contributed by atoms with E-state index in [-0.39, 0.29) is 0 Å². The van der Waals surface area contributed by atoms with Crippen molar-refractivity contribution in [3.63, 3.8) is 0 Å². The molecule has 1 fully saturated rings. The van der Waals surface area contributed by atoms with Crippen molar-refractivity contribution in [2.75, 3.05) is 17.2 Å². The molecule has 0 radical (unpaired) electrons. The number of anilines is 2. The van der Waals surface area contributed by atoms with Crippen molar-refractivity contribution in [2.45, 2.75) is 45.6 Å². The SMILES string of the molecule is CCCCN(c1snc(N)c1-c1csc(C)n1)C1CC1. The average Bonchev–Trinajstić information content (AvgIpc) is 3.07. The summed E-state index contributed by atoms with van der Waals surface area (Å²) in [7, 11) is 0. The van der Waals surface area contributed by atoms with Crippen molar-refractivity contribution in [1.82, 2.24) is 9.36 Å². The molecule has 4 nitrogen and oxygen atoms in total. The van der Waals surface area contributed by atoms with E-state index in [0.717, 1.165) is 22.8 Å². The molecular formula is C14H20N4S2. The summed E-state index contributed by atoms with van der Waals surface area (Å²) in [6.07, 6.45) is 5.00. The zero-order valence-corrected chi connectivity index (χ0v) is 13.6. The Hall–Kier alpha value is -1.14. The van der Waals surface area contributed by atoms with E-state index in [4.69, 9.17) is 5.73 Å². The summed E-state index contributed by atoms with van der Waals surface area (Å²) < 4.78 is 4.38. The molecule has 0 bridgehead atoms. The van der Waals surface area contributed by atoms with Gasteiger partial charge in [-0.05, 0) is 37.7 Å². The highest BCUT2D eigenvalue weighted by molar-refractivity contribution is 7.11. The topological polar surface area (TPSA) is 55.0 Å². The molecule has 0 unspecified atom stereocenters. The molecule has 2 N–H and O–H groups in total. The first kappa shape index (κ1) is 13.8. The minimum Gasteiger partial charge on any atom is -0.382 e. The van der Waals surface area contributed by atoms with E-state index in [1.165, 1.54) is 42.2 Å². The van der Waals surface area contributed by atoms with Gasteiger partial charge in [0.1, 0.15) is 10.8 Å². The Morgan fingerprint density at radius 2 is 2.25 bits per heavy atom. The predicted octanol–water partition coefficient (Wildman–Crippen LogP) is 3.93. The van der Waals surface area contributed by atoms with Gasteiger partial charge in [-0.15, -0.1) is 11.3 Å². The van der Waals surface area contributed by atoms with Crippen molar-refractivity contribution < 1.29 is 0 Å². The maximum atomic E-state index is 6.11. The Kier molecular flexibility index (Phi) is 3.94. The van der Waals surface area contributed by atoms with E-state index in [1.54, 1.807) is 11.3 Å². The number of aryl methyl sites for hydroxylation is 1. The van der Waals surface area contributed by atoms with Crippen molar-refractivity contribution in [1.29, 1.82) is 0 Å². The highest BCUT2D eigenvalue weighted by Crippen LogP contribution is 2.43. The molecule has 6 heteroatoms. The van der Waals surface area contributed by atoms with Gasteiger partial charge in [-0.1, -0.05) is 13.3 Å². The molecule has 0 spiro atoms. The molecule has 2 heterocycles. The lowest BCUT2D eigenvalue weighted by molar-refractivity contribution is 0.718. The van der Waals surface area contributed by atoms with Gasteiger partial charge in [0.2, 0.25) is 0 Å². The van der Waals surface area contributed by atoms with Crippen LogP contribution in [-0.2, 0) is 0 Å². The van der Waals surface area contributed by atoms with Gasteiger partial charge >= 0.3 is 0 Å². The fourth-order valence-corrected chi connectivity index (χ4v) is 3.90. The summed E-state index contributed by atoms with van der Waals surface area (Å²) in [6, 6.07) is 0.680. The number of nitrogens with two attached hydrogens (primary N) is 1.